The summed E-state index contributed by atoms with van der Waals surface area (Å²) in [6.45, 7) is 2.02. The van der Waals surface area contributed by atoms with Gasteiger partial charge in [0.15, 0.2) is 0 Å². The minimum absolute atomic E-state index is 0.0413. The average Bonchev–Trinajstić information content (AvgIpc) is 3.07. The highest BCUT2D eigenvalue weighted by Crippen LogP contribution is 2.36. The van der Waals surface area contributed by atoms with Crippen LogP contribution in [0.1, 0.15) is 23.9 Å². The Morgan fingerprint density at radius 1 is 1.08 bits per heavy atom. The van der Waals surface area contributed by atoms with E-state index in [0.717, 1.165) is 36.5 Å². The summed E-state index contributed by atoms with van der Waals surface area (Å²) >= 11 is 1.37. The first-order chi connectivity index (χ1) is 12.8. The van der Waals surface area contributed by atoms with Crippen molar-refractivity contribution >= 4 is 29.0 Å². The van der Waals surface area contributed by atoms with Crippen molar-refractivity contribution in [1.82, 2.24) is 15.2 Å². The number of benzene rings is 2. The molecule has 1 aromatic heterocycles. The van der Waals surface area contributed by atoms with Crippen LogP contribution in [0.4, 0.5) is 11.4 Å². The van der Waals surface area contributed by atoms with Crippen LogP contribution in [-0.4, -0.2) is 26.8 Å². The van der Waals surface area contributed by atoms with Gasteiger partial charge in [-0.05, 0) is 36.1 Å². The molecule has 0 saturated heterocycles. The molecule has 2 heterocycles. The zero-order valence-electron chi connectivity index (χ0n) is 14.6. The van der Waals surface area contributed by atoms with Gasteiger partial charge in [-0.3, -0.25) is 14.8 Å². The molecule has 1 aliphatic rings. The fourth-order valence-corrected chi connectivity index (χ4v) is 3.91. The van der Waals surface area contributed by atoms with E-state index in [1.807, 2.05) is 48.2 Å². The van der Waals surface area contributed by atoms with Crippen molar-refractivity contribution in [3.63, 3.8) is 0 Å². The van der Waals surface area contributed by atoms with E-state index < -0.39 is 0 Å². The van der Waals surface area contributed by atoms with Crippen molar-refractivity contribution in [2.45, 2.75) is 31.3 Å². The number of aromatic amines is 1. The van der Waals surface area contributed by atoms with Crippen LogP contribution in [0.3, 0.4) is 0 Å². The molecule has 0 aliphatic carbocycles. The predicted molar refractivity (Wildman–Crippen MR) is 104 cm³/mol. The molecule has 0 fully saturated rings. The Hall–Kier alpha value is -2.60. The second-order valence-corrected chi connectivity index (χ2v) is 7.14. The molecule has 3 aromatic rings. The van der Waals surface area contributed by atoms with E-state index in [4.69, 9.17) is 0 Å². The van der Waals surface area contributed by atoms with Crippen LogP contribution >= 0.6 is 11.8 Å². The Kier molecular flexibility index (Phi) is 4.75. The number of hydrogen-bond donors (Lipinski definition) is 1. The first-order valence-electron chi connectivity index (χ1n) is 8.79. The number of carbonyl (C=O) groups excluding carboxylic acids is 1. The van der Waals surface area contributed by atoms with Gasteiger partial charge >= 0.3 is 0 Å². The van der Waals surface area contributed by atoms with Crippen LogP contribution in [0, 0.1) is 0 Å². The Balaban J connectivity index is 1.64. The van der Waals surface area contributed by atoms with Gasteiger partial charge in [-0.2, -0.15) is 0 Å². The van der Waals surface area contributed by atoms with Gasteiger partial charge in [-0.1, -0.05) is 55.1 Å². The SMILES string of the molecule is CCc1nc(SCC(=O)N2c3ccccc3CCc3ccccc32)n[nH]1. The number of para-hydroxylation sites is 2. The van der Waals surface area contributed by atoms with E-state index in [2.05, 4.69) is 27.3 Å². The fourth-order valence-electron chi connectivity index (χ4n) is 3.24. The molecule has 5 nitrogen and oxygen atoms in total. The van der Waals surface area contributed by atoms with Gasteiger partial charge < -0.3 is 0 Å². The first kappa shape index (κ1) is 16.8. The molecule has 1 aliphatic heterocycles. The highest BCUT2D eigenvalue weighted by atomic mass is 32.2. The summed E-state index contributed by atoms with van der Waals surface area (Å²) in [5.74, 6) is 1.17. The van der Waals surface area contributed by atoms with E-state index in [-0.39, 0.29) is 5.91 Å². The first-order valence-corrected chi connectivity index (χ1v) is 9.77. The van der Waals surface area contributed by atoms with Crippen molar-refractivity contribution in [3.05, 3.63) is 65.5 Å². The highest BCUT2D eigenvalue weighted by Gasteiger charge is 2.25. The third-order valence-corrected chi connectivity index (χ3v) is 5.38. The molecule has 0 bridgehead atoms. The smallest absolute Gasteiger partial charge is 0.242 e. The van der Waals surface area contributed by atoms with Crippen molar-refractivity contribution < 1.29 is 4.79 Å². The zero-order chi connectivity index (χ0) is 17.9. The Bertz CT molecular complexity index is 889. The third kappa shape index (κ3) is 3.24. The van der Waals surface area contributed by atoms with Crippen molar-refractivity contribution in [2.24, 2.45) is 0 Å². The maximum atomic E-state index is 13.2. The van der Waals surface area contributed by atoms with Crippen LogP contribution in [0.2, 0.25) is 0 Å². The minimum Gasteiger partial charge on any atom is -0.280 e. The van der Waals surface area contributed by atoms with E-state index in [0.29, 0.717) is 10.9 Å². The van der Waals surface area contributed by atoms with Crippen molar-refractivity contribution in [3.8, 4) is 0 Å². The number of carbonyl (C=O) groups is 1. The molecule has 2 aromatic carbocycles. The number of H-pyrrole nitrogens is 1. The number of aromatic nitrogens is 3. The topological polar surface area (TPSA) is 61.9 Å². The van der Waals surface area contributed by atoms with Gasteiger partial charge in [0.25, 0.3) is 0 Å². The Labute approximate surface area is 156 Å². The lowest BCUT2D eigenvalue weighted by atomic mass is 10.0. The van der Waals surface area contributed by atoms with Gasteiger partial charge in [-0.15, -0.1) is 5.10 Å². The van der Waals surface area contributed by atoms with Crippen LogP contribution in [-0.2, 0) is 24.1 Å². The van der Waals surface area contributed by atoms with E-state index >= 15 is 0 Å². The molecular weight excluding hydrogens is 344 g/mol. The number of anilines is 2. The molecule has 1 N–H and O–H groups in total. The normalized spacial score (nSPS) is 13.0. The molecule has 0 spiro atoms. The van der Waals surface area contributed by atoms with Gasteiger partial charge in [-0.25, -0.2) is 4.98 Å². The van der Waals surface area contributed by atoms with Crippen molar-refractivity contribution in [1.29, 1.82) is 0 Å². The minimum atomic E-state index is 0.0413. The van der Waals surface area contributed by atoms with Crippen LogP contribution in [0.5, 0.6) is 0 Å². The summed E-state index contributed by atoms with van der Waals surface area (Å²) in [7, 11) is 0. The molecule has 6 heteroatoms. The van der Waals surface area contributed by atoms with Crippen molar-refractivity contribution in [2.75, 3.05) is 10.7 Å². The van der Waals surface area contributed by atoms with Gasteiger partial charge in [0.2, 0.25) is 11.1 Å². The fraction of sp³-hybridized carbons (Fsp3) is 0.250. The lowest BCUT2D eigenvalue weighted by Crippen LogP contribution is -2.28. The lowest BCUT2D eigenvalue weighted by molar-refractivity contribution is -0.115. The third-order valence-electron chi connectivity index (χ3n) is 4.55. The molecule has 0 radical (unpaired) electrons. The molecule has 132 valence electrons. The van der Waals surface area contributed by atoms with Crippen LogP contribution in [0.15, 0.2) is 53.7 Å². The number of hydrogen-bond acceptors (Lipinski definition) is 4. The summed E-state index contributed by atoms with van der Waals surface area (Å²) in [6.07, 6.45) is 2.67. The molecule has 26 heavy (non-hydrogen) atoms. The van der Waals surface area contributed by atoms with Gasteiger partial charge in [0.05, 0.1) is 17.1 Å². The number of aryl methyl sites for hydroxylation is 3. The quantitative estimate of drug-likeness (QED) is 0.713. The van der Waals surface area contributed by atoms with Crippen LogP contribution < -0.4 is 4.90 Å². The zero-order valence-corrected chi connectivity index (χ0v) is 15.4. The molecule has 4 rings (SSSR count). The number of rotatable bonds is 4. The number of nitrogens with one attached hydrogen (secondary N) is 1. The molecule has 1 amide bonds. The number of thioether (sulfide) groups is 1. The maximum Gasteiger partial charge on any atom is 0.242 e. The van der Waals surface area contributed by atoms with Crippen LogP contribution in [0.25, 0.3) is 0 Å². The molecule has 0 atom stereocenters. The van der Waals surface area contributed by atoms with E-state index in [1.54, 1.807) is 0 Å². The monoisotopic (exact) mass is 364 g/mol. The highest BCUT2D eigenvalue weighted by molar-refractivity contribution is 7.99. The summed E-state index contributed by atoms with van der Waals surface area (Å²) in [5, 5.41) is 7.68. The Morgan fingerprint density at radius 2 is 1.69 bits per heavy atom. The Morgan fingerprint density at radius 3 is 2.27 bits per heavy atom. The van der Waals surface area contributed by atoms with E-state index in [9.17, 15) is 4.79 Å². The summed E-state index contributed by atoms with van der Waals surface area (Å²) in [6, 6.07) is 16.3. The summed E-state index contributed by atoms with van der Waals surface area (Å²) in [5.41, 5.74) is 4.36. The molecule has 0 unspecified atom stereocenters. The maximum absolute atomic E-state index is 13.2. The molecule has 0 saturated carbocycles. The summed E-state index contributed by atoms with van der Waals surface area (Å²) in [4.78, 5) is 19.4. The lowest BCUT2D eigenvalue weighted by Gasteiger charge is -2.24. The standard InChI is InChI=1S/C20H20N4OS/c1-2-18-21-20(23-22-18)26-13-19(25)24-16-9-5-3-7-14(16)11-12-15-8-4-6-10-17(15)24/h3-10H,2,11-13H2,1H3,(H,21,22,23). The largest absolute Gasteiger partial charge is 0.280 e. The number of fused-ring (bicyclic) bond motifs is 2. The van der Waals surface area contributed by atoms with Gasteiger partial charge in [0.1, 0.15) is 5.82 Å². The number of amides is 1. The molecular formula is C20H20N4OS. The number of nitrogens with zero attached hydrogens (tertiary/aromatic N) is 3. The second-order valence-electron chi connectivity index (χ2n) is 6.19. The van der Waals surface area contributed by atoms with Gasteiger partial charge in [0, 0.05) is 6.42 Å². The average molecular weight is 364 g/mol. The second kappa shape index (κ2) is 7.33. The predicted octanol–water partition coefficient (Wildman–Crippen LogP) is 3.92. The van der Waals surface area contributed by atoms with E-state index in [1.165, 1.54) is 22.9 Å². The summed E-state index contributed by atoms with van der Waals surface area (Å²) < 4.78 is 0.